The van der Waals surface area contributed by atoms with Crippen molar-refractivity contribution in [1.82, 2.24) is 5.32 Å². The van der Waals surface area contributed by atoms with Crippen molar-refractivity contribution in [3.05, 3.63) is 35.6 Å². The summed E-state index contributed by atoms with van der Waals surface area (Å²) in [6.07, 6.45) is 19.6. The Labute approximate surface area is 331 Å². The third kappa shape index (κ3) is 7.26. The summed E-state index contributed by atoms with van der Waals surface area (Å²) in [5, 5.41) is 51.7. The van der Waals surface area contributed by atoms with E-state index in [0.717, 1.165) is 55.6 Å². The fourth-order valence-electron chi connectivity index (χ4n) is 13.7. The number of carbonyl (C=O) groups excluding carboxylic acids is 1. The fourth-order valence-corrected chi connectivity index (χ4v) is 13.7. The summed E-state index contributed by atoms with van der Waals surface area (Å²) in [5.41, 5.74) is 4.00. The van der Waals surface area contributed by atoms with Gasteiger partial charge in [-0.2, -0.15) is 0 Å². The average molecular weight is 767 g/mol. The number of allylic oxidation sites excluding steroid dienone is 3. The Morgan fingerprint density at radius 2 is 1.84 bits per heavy atom. The maximum atomic E-state index is 14.3. The highest BCUT2D eigenvalue weighted by Crippen LogP contribution is 2.70. The van der Waals surface area contributed by atoms with E-state index in [4.69, 9.17) is 15.2 Å². The van der Waals surface area contributed by atoms with Gasteiger partial charge in [0, 0.05) is 24.1 Å². The lowest BCUT2D eigenvalue weighted by Crippen LogP contribution is -2.64. The van der Waals surface area contributed by atoms with Gasteiger partial charge in [-0.05, 0) is 142 Å². The van der Waals surface area contributed by atoms with Gasteiger partial charge in [0.05, 0.1) is 41.8 Å². The van der Waals surface area contributed by atoms with Crippen molar-refractivity contribution in [1.29, 1.82) is 0 Å². The molecule has 310 valence electrons. The number of fused-ring (bicyclic) bond motifs is 6. The molecule has 5 fully saturated rings. The van der Waals surface area contributed by atoms with Crippen LogP contribution in [-0.2, 0) is 14.3 Å². The molecule has 16 atom stereocenters. The summed E-state index contributed by atoms with van der Waals surface area (Å²) in [4.78, 5) is 14.3. The molecule has 4 saturated carbocycles. The van der Waals surface area contributed by atoms with Crippen molar-refractivity contribution in [2.45, 2.75) is 192 Å². The van der Waals surface area contributed by atoms with E-state index in [1.54, 1.807) is 6.08 Å². The lowest BCUT2D eigenvalue weighted by Gasteiger charge is -2.62. The molecular weight excluding hydrogens is 693 g/mol. The van der Waals surface area contributed by atoms with Gasteiger partial charge in [0.25, 0.3) is 0 Å². The number of hydrogen-bond donors (Lipinski definition) is 6. The van der Waals surface area contributed by atoms with E-state index in [2.05, 4.69) is 33.0 Å². The second-order valence-corrected chi connectivity index (χ2v) is 19.8. The Morgan fingerprint density at radius 3 is 2.56 bits per heavy atom. The summed E-state index contributed by atoms with van der Waals surface area (Å²) >= 11 is 0. The van der Waals surface area contributed by atoms with Crippen LogP contribution in [0.5, 0.6) is 0 Å². The van der Waals surface area contributed by atoms with E-state index >= 15 is 0 Å². The van der Waals surface area contributed by atoms with Gasteiger partial charge in [0.15, 0.2) is 5.78 Å². The Hall–Kier alpha value is -1.59. The Balaban J connectivity index is 1.18. The molecule has 0 radical (unpaired) electrons. The van der Waals surface area contributed by atoms with Crippen molar-refractivity contribution < 1.29 is 34.7 Å². The first-order chi connectivity index (χ1) is 26.2. The monoisotopic (exact) mass is 767 g/mol. The van der Waals surface area contributed by atoms with Gasteiger partial charge in [-0.1, -0.05) is 65.9 Å². The second kappa shape index (κ2) is 16.2. The molecule has 9 nitrogen and oxygen atoms in total. The number of ether oxygens (including phenoxy) is 2. The summed E-state index contributed by atoms with van der Waals surface area (Å²) in [7, 11) is 0. The van der Waals surface area contributed by atoms with E-state index in [9.17, 15) is 25.2 Å². The smallest absolute Gasteiger partial charge is 0.159 e. The molecule has 2 aliphatic heterocycles. The molecule has 7 rings (SSSR count). The molecule has 1 saturated heterocycles. The van der Waals surface area contributed by atoms with Gasteiger partial charge in [-0.25, -0.2) is 0 Å². The van der Waals surface area contributed by atoms with Crippen LogP contribution in [0.3, 0.4) is 0 Å². The highest BCUT2D eigenvalue weighted by atomic mass is 16.6. The van der Waals surface area contributed by atoms with E-state index in [1.807, 2.05) is 25.3 Å². The van der Waals surface area contributed by atoms with Crippen molar-refractivity contribution in [2.75, 3.05) is 6.61 Å². The number of aliphatic hydroxyl groups is 4. The predicted octanol–water partition coefficient (Wildman–Crippen LogP) is 6.62. The molecule has 5 aliphatic carbocycles. The number of ketones is 1. The van der Waals surface area contributed by atoms with E-state index in [1.165, 1.54) is 25.7 Å². The topological polar surface area (TPSA) is 155 Å². The third-order valence-corrected chi connectivity index (χ3v) is 16.8. The Kier molecular flexibility index (Phi) is 12.3. The van der Waals surface area contributed by atoms with Gasteiger partial charge < -0.3 is 41.0 Å². The largest absolute Gasteiger partial charge is 0.390 e. The zero-order chi connectivity index (χ0) is 39.3. The number of nitrogens with one attached hydrogen (secondary N) is 1. The van der Waals surface area contributed by atoms with Crippen LogP contribution in [0.4, 0.5) is 0 Å². The molecule has 0 aromatic rings. The van der Waals surface area contributed by atoms with Crippen LogP contribution in [-0.4, -0.2) is 80.7 Å². The van der Waals surface area contributed by atoms with Gasteiger partial charge in [0.2, 0.25) is 0 Å². The first-order valence-electron chi connectivity index (χ1n) is 22.4. The van der Waals surface area contributed by atoms with Crippen molar-refractivity contribution in [3.8, 4) is 0 Å². The minimum atomic E-state index is -1.30. The molecule has 7 N–H and O–H groups in total. The molecule has 55 heavy (non-hydrogen) atoms. The number of nitrogens with two attached hydrogens (primary N) is 1. The number of rotatable bonds is 13. The average Bonchev–Trinajstić information content (AvgIpc) is 3.52. The second-order valence-electron chi connectivity index (χ2n) is 19.8. The highest BCUT2D eigenvalue weighted by Gasteiger charge is 2.70. The van der Waals surface area contributed by atoms with Crippen molar-refractivity contribution in [2.24, 2.45) is 52.1 Å². The van der Waals surface area contributed by atoms with Gasteiger partial charge in [-0.3, -0.25) is 4.79 Å². The summed E-state index contributed by atoms with van der Waals surface area (Å²) in [6.45, 7) is 11.5. The Morgan fingerprint density at radius 1 is 1.05 bits per heavy atom. The molecule has 9 heteroatoms. The van der Waals surface area contributed by atoms with Crippen LogP contribution < -0.4 is 11.1 Å². The van der Waals surface area contributed by atoms with Crippen LogP contribution in [0.2, 0.25) is 0 Å². The van der Waals surface area contributed by atoms with Crippen LogP contribution in [0.25, 0.3) is 0 Å². The Bertz CT molecular complexity index is 1480. The summed E-state index contributed by atoms with van der Waals surface area (Å²) in [5.74, 6) is 0.593. The number of dihydropyridines is 1. The van der Waals surface area contributed by atoms with E-state index in [0.29, 0.717) is 51.0 Å². The summed E-state index contributed by atoms with van der Waals surface area (Å²) in [6, 6.07) is 0. The zero-order valence-corrected chi connectivity index (χ0v) is 34.6. The number of carbonyl (C=O) groups is 1. The van der Waals surface area contributed by atoms with E-state index in [-0.39, 0.29) is 48.3 Å². The molecule has 0 spiro atoms. The maximum absolute atomic E-state index is 14.3. The maximum Gasteiger partial charge on any atom is 0.159 e. The minimum absolute atomic E-state index is 0.0524. The molecule has 7 aliphatic rings. The molecule has 0 bridgehead atoms. The lowest BCUT2D eigenvalue weighted by atomic mass is 9.44. The van der Waals surface area contributed by atoms with E-state index < -0.39 is 46.3 Å². The van der Waals surface area contributed by atoms with Gasteiger partial charge in [0.1, 0.15) is 6.10 Å². The zero-order valence-electron chi connectivity index (χ0n) is 34.6. The highest BCUT2D eigenvalue weighted by molar-refractivity contribution is 5.95. The van der Waals surface area contributed by atoms with Crippen molar-refractivity contribution >= 4 is 5.78 Å². The summed E-state index contributed by atoms with van der Waals surface area (Å²) < 4.78 is 13.9. The molecular formula is C46H74N2O7. The van der Waals surface area contributed by atoms with Gasteiger partial charge in [-0.15, -0.1) is 0 Å². The molecule has 0 amide bonds. The molecule has 0 aromatic heterocycles. The minimum Gasteiger partial charge on any atom is -0.390 e. The quantitative estimate of drug-likeness (QED) is 0.114. The van der Waals surface area contributed by atoms with Crippen LogP contribution >= 0.6 is 0 Å². The lowest BCUT2D eigenvalue weighted by molar-refractivity contribution is -0.213. The normalized spacial score (nSPS) is 45.6. The first kappa shape index (κ1) is 41.6. The molecule has 2 heterocycles. The SMILES string of the molecule is CCCCCO[C@H]([C@@H]1O[C@@H]2CC[C@@H](CCC)CC[C@H]2[C@@H]1C)[C@](C)(O)[C@H]1CC[C@@]2(O)C3=CC(=O)[C@@H]4C[C@@H](O)[C@@H](O)C[C@]4(CCC4=CNC(N)C=C4)[C@H]3CC[C@]12C. The van der Waals surface area contributed by atoms with Gasteiger partial charge >= 0.3 is 0 Å². The van der Waals surface area contributed by atoms with Crippen LogP contribution in [0.15, 0.2) is 35.6 Å². The standard InChI is InChI=1S/C46H74N2O7/c1-6-8-9-23-54-42(41-28(3)31-14-11-29(10-7-2)12-15-38(31)55-41)44(5,52)39-19-22-46(53)33-24-35(49)34-25-36(50)37(51)26-45(34,32(33)18-20-43(39,46)4)21-17-30-13-16-40(47)48-27-30/h13,16,24,27-29,31-32,34,36-42,48,50-53H,6-12,14-15,17-23,25-26,47H2,1-5H3/t28-,29-,31-,32-,34-,36+,37-,38+,39-,40?,41+,42+,43+,44+,45+,46+/m0/s1. The number of hydrogen-bond acceptors (Lipinski definition) is 9. The fraction of sp³-hybridized carbons (Fsp3) is 0.848. The van der Waals surface area contributed by atoms with Crippen LogP contribution in [0, 0.1) is 46.3 Å². The number of unbranched alkanes of at least 4 members (excludes halogenated alkanes) is 2. The molecule has 1 unspecified atom stereocenters. The first-order valence-corrected chi connectivity index (χ1v) is 22.4. The van der Waals surface area contributed by atoms with Crippen LogP contribution in [0.1, 0.15) is 144 Å². The third-order valence-electron chi connectivity index (χ3n) is 16.8. The number of aliphatic hydroxyl groups excluding tert-OH is 2. The van der Waals surface area contributed by atoms with Crippen molar-refractivity contribution in [3.63, 3.8) is 0 Å². The predicted molar refractivity (Wildman–Crippen MR) is 214 cm³/mol. The molecule has 0 aromatic carbocycles.